The molecule has 0 spiro atoms. The third-order valence-electron chi connectivity index (χ3n) is 3.27. The Morgan fingerprint density at radius 2 is 1.75 bits per heavy atom. The Hall–Kier alpha value is -1.83. The van der Waals surface area contributed by atoms with E-state index in [1.807, 2.05) is 27.9 Å². The Morgan fingerprint density at radius 1 is 1.14 bits per heavy atom. The van der Waals surface area contributed by atoms with Gasteiger partial charge in [-0.25, -0.2) is 18.9 Å². The number of esters is 2. The Balaban J connectivity index is 2.59. The fourth-order valence-electron chi connectivity index (χ4n) is 2.13. The average molecular weight is 564 g/mol. The maximum atomic E-state index is 12.4. The number of ether oxygens (including phenoxy) is 2. The van der Waals surface area contributed by atoms with Gasteiger partial charge in [0.15, 0.2) is 0 Å². The van der Waals surface area contributed by atoms with E-state index in [1.165, 1.54) is 16.8 Å². The molecule has 10 nitrogen and oxygen atoms in total. The molecule has 3 amide bonds. The van der Waals surface area contributed by atoms with Gasteiger partial charge in [0.25, 0.3) is 9.70 Å². The Labute approximate surface area is 185 Å². The average Bonchev–Trinajstić information content (AvgIpc) is 3.05. The van der Waals surface area contributed by atoms with E-state index in [-0.39, 0.29) is 22.3 Å². The molecule has 2 aromatic rings. The van der Waals surface area contributed by atoms with Gasteiger partial charge in [-0.3, -0.25) is 10.1 Å². The molecule has 0 atom stereocenters. The summed E-state index contributed by atoms with van der Waals surface area (Å²) in [5.74, 6) is -2.84. The standard InChI is InChI=1S/C14H10Cl3IN4O6/c1-27-10(23)5-4-19-22-7(18)3-6(8(9(5)22)11(24)28-2)20-13(26)21-12(25)14(15,16)17/h3-4H,1-2H3,(H2,20,21,25,26). The van der Waals surface area contributed by atoms with Crippen molar-refractivity contribution < 1.29 is 28.7 Å². The molecule has 14 heteroatoms. The molecular weight excluding hydrogens is 553 g/mol. The van der Waals surface area contributed by atoms with Gasteiger partial charge in [-0.2, -0.15) is 5.10 Å². The normalized spacial score (nSPS) is 11.1. The van der Waals surface area contributed by atoms with Crippen LogP contribution in [0.4, 0.5) is 10.5 Å². The zero-order chi connectivity index (χ0) is 21.2. The van der Waals surface area contributed by atoms with Crippen molar-refractivity contribution in [3.8, 4) is 0 Å². The van der Waals surface area contributed by atoms with Crippen molar-refractivity contribution in [3.63, 3.8) is 0 Å². The van der Waals surface area contributed by atoms with Crippen LogP contribution in [0.1, 0.15) is 20.7 Å². The van der Waals surface area contributed by atoms with E-state index >= 15 is 0 Å². The van der Waals surface area contributed by atoms with Crippen LogP contribution in [0.3, 0.4) is 0 Å². The quantitative estimate of drug-likeness (QED) is 0.254. The molecule has 0 unspecified atom stereocenters. The minimum Gasteiger partial charge on any atom is -0.465 e. The number of urea groups is 1. The highest BCUT2D eigenvalue weighted by Crippen LogP contribution is 2.29. The fraction of sp³-hybridized carbons (Fsp3) is 0.214. The van der Waals surface area contributed by atoms with Crippen molar-refractivity contribution in [2.45, 2.75) is 3.79 Å². The number of fused-ring (bicyclic) bond motifs is 1. The van der Waals surface area contributed by atoms with Gasteiger partial charge in [-0.05, 0) is 28.7 Å². The van der Waals surface area contributed by atoms with Crippen molar-refractivity contribution in [2.75, 3.05) is 19.5 Å². The van der Waals surface area contributed by atoms with Crippen LogP contribution in [0.5, 0.6) is 0 Å². The first-order valence-corrected chi connectivity index (χ1v) is 9.28. The highest BCUT2D eigenvalue weighted by Gasteiger charge is 2.33. The van der Waals surface area contributed by atoms with E-state index in [1.54, 1.807) is 0 Å². The van der Waals surface area contributed by atoms with Gasteiger partial charge < -0.3 is 14.8 Å². The summed E-state index contributed by atoms with van der Waals surface area (Å²) in [6.45, 7) is 0. The van der Waals surface area contributed by atoms with Gasteiger partial charge in [0.2, 0.25) is 0 Å². The lowest BCUT2D eigenvalue weighted by atomic mass is 10.1. The van der Waals surface area contributed by atoms with E-state index in [0.717, 1.165) is 14.2 Å². The van der Waals surface area contributed by atoms with Crippen LogP contribution >= 0.6 is 57.4 Å². The van der Waals surface area contributed by atoms with Crippen LogP contribution in [-0.2, 0) is 14.3 Å². The summed E-state index contributed by atoms with van der Waals surface area (Å²) in [6, 6.07) is 0.286. The molecule has 0 aliphatic rings. The molecule has 28 heavy (non-hydrogen) atoms. The first-order valence-electron chi connectivity index (χ1n) is 7.07. The van der Waals surface area contributed by atoms with Gasteiger partial charge in [0.1, 0.15) is 14.8 Å². The molecular formula is C14H10Cl3IN4O6. The van der Waals surface area contributed by atoms with Crippen molar-refractivity contribution in [1.29, 1.82) is 0 Å². The Morgan fingerprint density at radius 3 is 2.29 bits per heavy atom. The first-order chi connectivity index (χ1) is 13.0. The molecule has 2 aromatic heterocycles. The van der Waals surface area contributed by atoms with Crippen molar-refractivity contribution in [2.24, 2.45) is 0 Å². The maximum absolute atomic E-state index is 12.4. The summed E-state index contributed by atoms with van der Waals surface area (Å²) in [7, 11) is 2.27. The number of pyridine rings is 1. The molecule has 0 aliphatic carbocycles. The van der Waals surface area contributed by atoms with Gasteiger partial charge >= 0.3 is 18.0 Å². The van der Waals surface area contributed by atoms with Crippen LogP contribution < -0.4 is 10.6 Å². The number of anilines is 1. The predicted molar refractivity (Wildman–Crippen MR) is 108 cm³/mol. The number of rotatable bonds is 3. The number of nitrogens with one attached hydrogen (secondary N) is 2. The number of carbonyl (C=O) groups is 4. The van der Waals surface area contributed by atoms with E-state index in [0.29, 0.717) is 3.70 Å². The largest absolute Gasteiger partial charge is 0.465 e. The van der Waals surface area contributed by atoms with E-state index in [9.17, 15) is 19.2 Å². The topological polar surface area (TPSA) is 128 Å². The summed E-state index contributed by atoms with van der Waals surface area (Å²) in [5.41, 5.74) is -0.280. The highest BCUT2D eigenvalue weighted by molar-refractivity contribution is 14.1. The number of hydrogen-bond acceptors (Lipinski definition) is 7. The number of imide groups is 1. The van der Waals surface area contributed by atoms with E-state index < -0.39 is 27.7 Å². The number of nitrogens with zero attached hydrogens (tertiary/aromatic N) is 2. The van der Waals surface area contributed by atoms with Gasteiger partial charge in [-0.15, -0.1) is 0 Å². The lowest BCUT2D eigenvalue weighted by Crippen LogP contribution is -2.41. The molecule has 2 rings (SSSR count). The molecule has 0 fully saturated rings. The zero-order valence-electron chi connectivity index (χ0n) is 14.0. The highest BCUT2D eigenvalue weighted by atomic mass is 127. The maximum Gasteiger partial charge on any atom is 0.342 e. The molecule has 150 valence electrons. The number of halogens is 4. The fourth-order valence-corrected chi connectivity index (χ4v) is 2.94. The molecule has 2 N–H and O–H groups in total. The van der Waals surface area contributed by atoms with Crippen LogP contribution in [0, 0.1) is 3.70 Å². The number of methoxy groups -OCH3 is 2. The second-order valence-corrected chi connectivity index (χ2v) is 8.35. The third kappa shape index (κ3) is 4.59. The lowest BCUT2D eigenvalue weighted by Gasteiger charge is -2.15. The molecule has 0 aliphatic heterocycles. The summed E-state index contributed by atoms with van der Waals surface area (Å²) in [5, 5.41) is 8.13. The van der Waals surface area contributed by atoms with E-state index in [2.05, 4.69) is 15.2 Å². The minimum absolute atomic E-state index is 0.0357. The minimum atomic E-state index is -2.37. The number of hydrogen-bond donors (Lipinski definition) is 2. The van der Waals surface area contributed by atoms with Gasteiger partial charge in [0.05, 0.1) is 31.6 Å². The molecule has 0 radical (unpaired) electrons. The van der Waals surface area contributed by atoms with E-state index in [4.69, 9.17) is 39.5 Å². The van der Waals surface area contributed by atoms with Crippen LogP contribution in [0.2, 0.25) is 0 Å². The first kappa shape index (κ1) is 22.5. The number of carbonyl (C=O) groups excluding carboxylic acids is 4. The summed E-state index contributed by atoms with van der Waals surface area (Å²) in [4.78, 5) is 48.1. The number of alkyl halides is 3. The lowest BCUT2D eigenvalue weighted by molar-refractivity contribution is -0.119. The zero-order valence-corrected chi connectivity index (χ0v) is 18.4. The van der Waals surface area contributed by atoms with Crippen LogP contribution in [0.25, 0.3) is 5.52 Å². The van der Waals surface area contributed by atoms with Crippen molar-refractivity contribution in [1.82, 2.24) is 14.9 Å². The monoisotopic (exact) mass is 562 g/mol. The van der Waals surface area contributed by atoms with Crippen molar-refractivity contribution >= 4 is 92.5 Å². The predicted octanol–water partition coefficient (Wildman–Crippen LogP) is 2.53. The number of amides is 3. The van der Waals surface area contributed by atoms with Gasteiger partial charge in [-0.1, -0.05) is 34.8 Å². The summed E-state index contributed by atoms with van der Waals surface area (Å²) >= 11 is 18.1. The molecule has 0 saturated heterocycles. The smallest absolute Gasteiger partial charge is 0.342 e. The summed E-state index contributed by atoms with van der Waals surface area (Å²) < 4.78 is 8.76. The number of aromatic nitrogens is 2. The molecule has 0 aromatic carbocycles. The second-order valence-electron chi connectivity index (χ2n) is 4.96. The molecule has 2 heterocycles. The summed E-state index contributed by atoms with van der Waals surface area (Å²) in [6.07, 6.45) is 1.20. The Bertz CT molecular complexity index is 988. The van der Waals surface area contributed by atoms with Gasteiger partial charge in [0, 0.05) is 0 Å². The SMILES string of the molecule is COC(=O)c1cnn2c(I)cc(NC(=O)NC(=O)C(Cl)(Cl)Cl)c(C(=O)OC)c12. The molecule has 0 saturated carbocycles. The second kappa shape index (κ2) is 8.68. The third-order valence-corrected chi connectivity index (χ3v) is 4.55. The Kier molecular flexibility index (Phi) is 6.96. The van der Waals surface area contributed by atoms with Crippen LogP contribution in [-0.4, -0.2) is 51.5 Å². The molecule has 0 bridgehead atoms. The van der Waals surface area contributed by atoms with Crippen molar-refractivity contribution in [3.05, 3.63) is 27.1 Å². The van der Waals surface area contributed by atoms with Crippen LogP contribution in [0.15, 0.2) is 12.3 Å².